The zero-order valence-corrected chi connectivity index (χ0v) is 9.70. The Morgan fingerprint density at radius 1 is 1.50 bits per heavy atom. The number of esters is 1. The van der Waals surface area contributed by atoms with Gasteiger partial charge >= 0.3 is 5.97 Å². The molecule has 6 heteroatoms. The molecule has 0 bridgehead atoms. The summed E-state index contributed by atoms with van der Waals surface area (Å²) in [5.41, 5.74) is 0.274. The standard InChI is InChI=1S/C12H13NO5/c1-18-11(16)5-10(15)12(17)7-2-3-8(6-13)9(14)4-7/h2-4,10,12,14-15,17H,5H2,1H3. The quantitative estimate of drug-likeness (QED) is 0.660. The molecule has 1 aromatic carbocycles. The number of rotatable bonds is 4. The van der Waals surface area contributed by atoms with Gasteiger partial charge in [-0.1, -0.05) is 6.07 Å². The van der Waals surface area contributed by atoms with E-state index >= 15 is 0 Å². The van der Waals surface area contributed by atoms with Crippen LogP contribution in [0.2, 0.25) is 0 Å². The number of phenols is 1. The van der Waals surface area contributed by atoms with E-state index < -0.39 is 18.2 Å². The van der Waals surface area contributed by atoms with Gasteiger partial charge in [-0.2, -0.15) is 5.26 Å². The van der Waals surface area contributed by atoms with Crippen molar-refractivity contribution < 1.29 is 24.9 Å². The number of carbonyl (C=O) groups excluding carboxylic acids is 1. The molecule has 2 unspecified atom stereocenters. The summed E-state index contributed by atoms with van der Waals surface area (Å²) in [6.45, 7) is 0. The average molecular weight is 251 g/mol. The Morgan fingerprint density at radius 2 is 2.17 bits per heavy atom. The molecule has 0 saturated heterocycles. The first-order valence-corrected chi connectivity index (χ1v) is 5.15. The largest absolute Gasteiger partial charge is 0.507 e. The molecule has 2 atom stereocenters. The number of aromatic hydroxyl groups is 1. The molecule has 3 N–H and O–H groups in total. The van der Waals surface area contributed by atoms with Crippen molar-refractivity contribution in [1.82, 2.24) is 0 Å². The summed E-state index contributed by atoms with van der Waals surface area (Å²) < 4.78 is 4.36. The first-order valence-electron chi connectivity index (χ1n) is 5.15. The van der Waals surface area contributed by atoms with Crippen LogP contribution in [0.5, 0.6) is 5.75 Å². The SMILES string of the molecule is COC(=O)CC(O)C(O)c1ccc(C#N)c(O)c1. The Balaban J connectivity index is 2.84. The fourth-order valence-corrected chi connectivity index (χ4v) is 1.42. The van der Waals surface area contributed by atoms with Gasteiger partial charge in [0.2, 0.25) is 0 Å². The van der Waals surface area contributed by atoms with Gasteiger partial charge in [-0.15, -0.1) is 0 Å². The molecule has 1 rings (SSSR count). The second kappa shape index (κ2) is 6.00. The molecular formula is C12H13NO5. The van der Waals surface area contributed by atoms with E-state index in [1.807, 2.05) is 0 Å². The number of aliphatic hydroxyl groups excluding tert-OH is 2. The Bertz CT molecular complexity index is 480. The maximum atomic E-state index is 10.9. The molecule has 0 aromatic heterocycles. The molecule has 0 saturated carbocycles. The first kappa shape index (κ1) is 14.0. The summed E-state index contributed by atoms with van der Waals surface area (Å²) in [5, 5.41) is 37.4. The summed E-state index contributed by atoms with van der Waals surface area (Å²) in [5.74, 6) is -0.946. The number of hydrogen-bond acceptors (Lipinski definition) is 6. The highest BCUT2D eigenvalue weighted by atomic mass is 16.5. The Kier molecular flexibility index (Phi) is 4.66. The Labute approximate surface area is 104 Å². The van der Waals surface area contributed by atoms with Crippen molar-refractivity contribution in [3.8, 4) is 11.8 Å². The van der Waals surface area contributed by atoms with Crippen molar-refractivity contribution in [2.24, 2.45) is 0 Å². The van der Waals surface area contributed by atoms with E-state index in [-0.39, 0.29) is 23.3 Å². The van der Waals surface area contributed by atoms with E-state index in [0.717, 1.165) is 0 Å². The predicted octanol–water partition coefficient (Wildman–Crippen LogP) is 0.221. The number of hydrogen-bond donors (Lipinski definition) is 3. The predicted molar refractivity (Wildman–Crippen MR) is 60.4 cm³/mol. The summed E-state index contributed by atoms with van der Waals surface area (Å²) in [6.07, 6.45) is -3.05. The number of phenolic OH excluding ortho intramolecular Hbond substituents is 1. The van der Waals surface area contributed by atoms with Crippen LogP contribution in [0.25, 0.3) is 0 Å². The van der Waals surface area contributed by atoms with Gasteiger partial charge in [0, 0.05) is 0 Å². The fraction of sp³-hybridized carbons (Fsp3) is 0.333. The molecular weight excluding hydrogens is 238 g/mol. The van der Waals surface area contributed by atoms with Crippen molar-refractivity contribution in [2.45, 2.75) is 18.6 Å². The second-order valence-corrected chi connectivity index (χ2v) is 3.68. The molecule has 0 aliphatic heterocycles. The molecule has 0 aliphatic carbocycles. The number of benzene rings is 1. The lowest BCUT2D eigenvalue weighted by atomic mass is 10.0. The third kappa shape index (κ3) is 3.20. The van der Waals surface area contributed by atoms with E-state index in [2.05, 4.69) is 4.74 Å². The third-order valence-corrected chi connectivity index (χ3v) is 2.45. The molecule has 18 heavy (non-hydrogen) atoms. The molecule has 0 radical (unpaired) electrons. The normalized spacial score (nSPS) is 13.4. The average Bonchev–Trinajstić information content (AvgIpc) is 2.37. The molecule has 0 heterocycles. The number of carbonyl (C=O) groups is 1. The second-order valence-electron chi connectivity index (χ2n) is 3.68. The van der Waals surface area contributed by atoms with Crippen molar-refractivity contribution >= 4 is 5.97 Å². The molecule has 0 aliphatic rings. The maximum Gasteiger partial charge on any atom is 0.308 e. The highest BCUT2D eigenvalue weighted by Gasteiger charge is 2.22. The number of methoxy groups -OCH3 is 1. The van der Waals surface area contributed by atoms with E-state index in [4.69, 9.17) is 5.26 Å². The van der Waals surface area contributed by atoms with E-state index in [9.17, 15) is 20.1 Å². The Morgan fingerprint density at radius 3 is 2.67 bits per heavy atom. The van der Waals surface area contributed by atoms with E-state index in [1.54, 1.807) is 6.07 Å². The summed E-state index contributed by atoms with van der Waals surface area (Å²) in [6, 6.07) is 5.64. The van der Waals surface area contributed by atoms with Crippen LogP contribution in [0.1, 0.15) is 23.7 Å². The molecule has 6 nitrogen and oxygen atoms in total. The molecule has 1 aromatic rings. The van der Waals surface area contributed by atoms with Crippen LogP contribution in [-0.4, -0.2) is 34.5 Å². The highest BCUT2D eigenvalue weighted by Crippen LogP contribution is 2.25. The molecule has 96 valence electrons. The third-order valence-electron chi connectivity index (χ3n) is 2.45. The van der Waals surface area contributed by atoms with Crippen LogP contribution in [0.3, 0.4) is 0 Å². The lowest BCUT2D eigenvalue weighted by Crippen LogP contribution is -2.22. The molecule has 0 amide bonds. The topological polar surface area (TPSA) is 111 Å². The van der Waals surface area contributed by atoms with Crippen molar-refractivity contribution in [3.05, 3.63) is 29.3 Å². The monoisotopic (exact) mass is 251 g/mol. The zero-order valence-electron chi connectivity index (χ0n) is 9.70. The number of nitrogens with zero attached hydrogens (tertiary/aromatic N) is 1. The van der Waals surface area contributed by atoms with Gasteiger partial charge in [-0.25, -0.2) is 0 Å². The van der Waals surface area contributed by atoms with Crippen molar-refractivity contribution in [1.29, 1.82) is 5.26 Å². The zero-order chi connectivity index (χ0) is 13.7. The van der Waals surface area contributed by atoms with Gasteiger partial charge in [0.25, 0.3) is 0 Å². The smallest absolute Gasteiger partial charge is 0.308 e. The molecule has 0 spiro atoms. The van der Waals surface area contributed by atoms with Crippen LogP contribution >= 0.6 is 0 Å². The van der Waals surface area contributed by atoms with Crippen molar-refractivity contribution in [2.75, 3.05) is 7.11 Å². The highest BCUT2D eigenvalue weighted by molar-refractivity contribution is 5.69. The number of ether oxygens (including phenoxy) is 1. The van der Waals surface area contributed by atoms with Crippen LogP contribution in [0, 0.1) is 11.3 Å². The lowest BCUT2D eigenvalue weighted by Gasteiger charge is -2.17. The lowest BCUT2D eigenvalue weighted by molar-refractivity contribution is -0.144. The van der Waals surface area contributed by atoms with Gasteiger partial charge in [-0.05, 0) is 17.7 Å². The summed E-state index contributed by atoms with van der Waals surface area (Å²) in [7, 11) is 1.18. The van der Waals surface area contributed by atoms with E-state index in [1.165, 1.54) is 25.3 Å². The summed E-state index contributed by atoms with van der Waals surface area (Å²) >= 11 is 0. The minimum Gasteiger partial charge on any atom is -0.507 e. The number of nitriles is 1. The van der Waals surface area contributed by atoms with E-state index in [0.29, 0.717) is 0 Å². The fourth-order valence-electron chi connectivity index (χ4n) is 1.42. The molecule has 0 fully saturated rings. The first-order chi connectivity index (χ1) is 8.49. The van der Waals surface area contributed by atoms with Gasteiger partial charge in [0.05, 0.1) is 25.2 Å². The van der Waals surface area contributed by atoms with Crippen LogP contribution in [-0.2, 0) is 9.53 Å². The van der Waals surface area contributed by atoms with Gasteiger partial charge < -0.3 is 20.1 Å². The summed E-state index contributed by atoms with van der Waals surface area (Å²) in [4.78, 5) is 10.9. The maximum absolute atomic E-state index is 10.9. The van der Waals surface area contributed by atoms with Crippen LogP contribution in [0.4, 0.5) is 0 Å². The van der Waals surface area contributed by atoms with Crippen LogP contribution in [0.15, 0.2) is 18.2 Å². The Hall–Kier alpha value is -2.10. The van der Waals surface area contributed by atoms with Crippen molar-refractivity contribution in [3.63, 3.8) is 0 Å². The minimum absolute atomic E-state index is 0.0633. The number of aliphatic hydroxyl groups is 2. The van der Waals surface area contributed by atoms with Gasteiger partial charge in [-0.3, -0.25) is 4.79 Å². The van der Waals surface area contributed by atoms with Crippen LogP contribution < -0.4 is 0 Å². The van der Waals surface area contributed by atoms with Gasteiger partial charge in [0.15, 0.2) is 0 Å². The minimum atomic E-state index is -1.34. The van der Waals surface area contributed by atoms with Gasteiger partial charge in [0.1, 0.15) is 17.9 Å².